The molecule has 0 fully saturated rings. The quantitative estimate of drug-likeness (QED) is 0.840. The van der Waals surface area contributed by atoms with Gasteiger partial charge < -0.3 is 10.1 Å². The Morgan fingerprint density at radius 3 is 2.58 bits per heavy atom. The number of nitrogens with zero attached hydrogens (tertiary/aromatic N) is 1. The number of amides is 1. The lowest BCUT2D eigenvalue weighted by molar-refractivity contribution is -0.122. The number of nitrogens with one attached hydrogen (secondary N) is 1. The van der Waals surface area contributed by atoms with Crippen LogP contribution >= 0.6 is 11.6 Å². The summed E-state index contributed by atoms with van der Waals surface area (Å²) in [5.41, 5.74) is 2.49. The number of ether oxygens (including phenoxy) is 1. The van der Waals surface area contributed by atoms with Crippen LogP contribution in [0, 0.1) is 18.3 Å². The van der Waals surface area contributed by atoms with E-state index in [0.29, 0.717) is 29.3 Å². The van der Waals surface area contributed by atoms with Gasteiger partial charge in [-0.3, -0.25) is 4.79 Å². The van der Waals surface area contributed by atoms with Crippen LogP contribution in [0.2, 0.25) is 5.02 Å². The Labute approximate surface area is 147 Å². The Bertz CT molecular complexity index is 751. The molecular formula is C19H19ClN2O2. The summed E-state index contributed by atoms with van der Waals surface area (Å²) in [6, 6.07) is 14.6. The second kappa shape index (κ2) is 8.37. The summed E-state index contributed by atoms with van der Waals surface area (Å²) in [6.07, 6.45) is 0.301. The average Bonchev–Trinajstić information content (AvgIpc) is 2.57. The minimum atomic E-state index is -0.593. The molecule has 1 amide bonds. The molecule has 0 aliphatic heterocycles. The molecule has 0 aliphatic rings. The molecule has 1 atom stereocenters. The molecule has 4 nitrogen and oxygen atoms in total. The highest BCUT2D eigenvalue weighted by Crippen LogP contribution is 2.22. The summed E-state index contributed by atoms with van der Waals surface area (Å²) < 4.78 is 5.78. The minimum Gasteiger partial charge on any atom is -0.481 e. The summed E-state index contributed by atoms with van der Waals surface area (Å²) >= 11 is 6.00. The number of halogens is 1. The maximum atomic E-state index is 12.4. The van der Waals surface area contributed by atoms with Crippen LogP contribution in [0.3, 0.4) is 0 Å². The standard InChI is InChI=1S/C19H19ClN2O2/c1-3-18(24-16-8-9-17(20)13(2)12-16)19(23)22-15-6-4-14(5-7-15)10-11-21/h4-9,12,18H,3,10H2,1-2H3,(H,22,23)/t18-/m0/s1. The number of hydrogen-bond donors (Lipinski definition) is 1. The van der Waals surface area contributed by atoms with Gasteiger partial charge in [0.15, 0.2) is 6.10 Å². The molecule has 0 spiro atoms. The molecule has 0 radical (unpaired) electrons. The van der Waals surface area contributed by atoms with E-state index in [2.05, 4.69) is 11.4 Å². The normalized spacial score (nSPS) is 11.4. The van der Waals surface area contributed by atoms with Crippen LogP contribution in [0.25, 0.3) is 0 Å². The second-order valence-corrected chi connectivity index (χ2v) is 5.85. The first kappa shape index (κ1) is 17.8. The monoisotopic (exact) mass is 342 g/mol. The molecule has 2 aromatic rings. The van der Waals surface area contributed by atoms with Crippen molar-refractivity contribution in [1.29, 1.82) is 5.26 Å². The van der Waals surface area contributed by atoms with Gasteiger partial charge in [0.25, 0.3) is 5.91 Å². The fourth-order valence-corrected chi connectivity index (χ4v) is 2.31. The van der Waals surface area contributed by atoms with Gasteiger partial charge in [-0.1, -0.05) is 30.7 Å². The number of hydrogen-bond acceptors (Lipinski definition) is 3. The number of anilines is 1. The molecule has 0 saturated carbocycles. The van der Waals surface area contributed by atoms with Gasteiger partial charge in [0.05, 0.1) is 12.5 Å². The number of nitriles is 1. The second-order valence-electron chi connectivity index (χ2n) is 5.45. The zero-order valence-corrected chi connectivity index (χ0v) is 14.4. The molecule has 2 aromatic carbocycles. The smallest absolute Gasteiger partial charge is 0.265 e. The van der Waals surface area contributed by atoms with E-state index in [-0.39, 0.29) is 5.91 Å². The highest BCUT2D eigenvalue weighted by atomic mass is 35.5. The van der Waals surface area contributed by atoms with Crippen LogP contribution in [0.15, 0.2) is 42.5 Å². The topological polar surface area (TPSA) is 62.1 Å². The largest absolute Gasteiger partial charge is 0.481 e. The van der Waals surface area contributed by atoms with Gasteiger partial charge in [0.2, 0.25) is 0 Å². The van der Waals surface area contributed by atoms with Gasteiger partial charge >= 0.3 is 0 Å². The zero-order chi connectivity index (χ0) is 17.5. The number of carbonyl (C=O) groups is 1. The number of benzene rings is 2. The third-order valence-corrected chi connectivity index (χ3v) is 4.00. The summed E-state index contributed by atoms with van der Waals surface area (Å²) in [5.74, 6) is 0.404. The highest BCUT2D eigenvalue weighted by molar-refractivity contribution is 6.31. The van der Waals surface area contributed by atoms with Crippen molar-refractivity contribution in [1.82, 2.24) is 0 Å². The van der Waals surface area contributed by atoms with Gasteiger partial charge in [-0.15, -0.1) is 0 Å². The van der Waals surface area contributed by atoms with E-state index >= 15 is 0 Å². The molecule has 1 N–H and O–H groups in total. The van der Waals surface area contributed by atoms with Crippen molar-refractivity contribution in [3.63, 3.8) is 0 Å². The van der Waals surface area contributed by atoms with E-state index in [1.165, 1.54) is 0 Å². The van der Waals surface area contributed by atoms with E-state index in [4.69, 9.17) is 21.6 Å². The predicted octanol–water partition coefficient (Wildman–Crippen LogP) is 4.51. The molecule has 0 heterocycles. The molecule has 0 aromatic heterocycles. The van der Waals surface area contributed by atoms with Crippen LogP contribution in [0.5, 0.6) is 5.75 Å². The van der Waals surface area contributed by atoms with Crippen LogP contribution < -0.4 is 10.1 Å². The van der Waals surface area contributed by atoms with Gasteiger partial charge in [-0.05, 0) is 54.8 Å². The van der Waals surface area contributed by atoms with Gasteiger partial charge in [0, 0.05) is 10.7 Å². The SMILES string of the molecule is CC[C@H](Oc1ccc(Cl)c(C)c1)C(=O)Nc1ccc(CC#N)cc1. The van der Waals surface area contributed by atoms with Crippen LogP contribution in [-0.2, 0) is 11.2 Å². The Balaban J connectivity index is 2.02. The molecular weight excluding hydrogens is 324 g/mol. The Hall–Kier alpha value is -2.51. The molecule has 0 aliphatic carbocycles. The lowest BCUT2D eigenvalue weighted by atomic mass is 10.1. The van der Waals surface area contributed by atoms with E-state index in [9.17, 15) is 4.79 Å². The predicted molar refractivity (Wildman–Crippen MR) is 95.3 cm³/mol. The van der Waals surface area contributed by atoms with Crippen LogP contribution in [0.1, 0.15) is 24.5 Å². The fraction of sp³-hybridized carbons (Fsp3) is 0.263. The third kappa shape index (κ3) is 4.74. The zero-order valence-electron chi connectivity index (χ0n) is 13.7. The maximum Gasteiger partial charge on any atom is 0.265 e. The summed E-state index contributed by atoms with van der Waals surface area (Å²) in [7, 11) is 0. The van der Waals surface area contributed by atoms with E-state index < -0.39 is 6.10 Å². The van der Waals surface area contributed by atoms with Crippen molar-refractivity contribution < 1.29 is 9.53 Å². The lowest BCUT2D eigenvalue weighted by Crippen LogP contribution is -2.32. The molecule has 24 heavy (non-hydrogen) atoms. The van der Waals surface area contributed by atoms with Crippen molar-refractivity contribution in [2.24, 2.45) is 0 Å². The average molecular weight is 343 g/mol. The maximum absolute atomic E-state index is 12.4. The van der Waals surface area contributed by atoms with E-state index in [1.54, 1.807) is 24.3 Å². The first-order chi connectivity index (χ1) is 11.5. The van der Waals surface area contributed by atoms with Gasteiger partial charge in [-0.2, -0.15) is 5.26 Å². The van der Waals surface area contributed by atoms with Crippen molar-refractivity contribution in [2.75, 3.05) is 5.32 Å². The van der Waals surface area contributed by atoms with Gasteiger partial charge in [-0.25, -0.2) is 0 Å². The number of carbonyl (C=O) groups excluding carboxylic acids is 1. The third-order valence-electron chi connectivity index (χ3n) is 3.58. The Kier molecular flexibility index (Phi) is 6.22. The van der Waals surface area contributed by atoms with Crippen LogP contribution in [0.4, 0.5) is 5.69 Å². The van der Waals surface area contributed by atoms with Crippen molar-refractivity contribution >= 4 is 23.2 Å². The fourth-order valence-electron chi connectivity index (χ4n) is 2.20. The molecule has 5 heteroatoms. The minimum absolute atomic E-state index is 0.210. The van der Waals surface area contributed by atoms with Crippen LogP contribution in [-0.4, -0.2) is 12.0 Å². The molecule has 0 unspecified atom stereocenters. The molecule has 2 rings (SSSR count). The summed E-state index contributed by atoms with van der Waals surface area (Å²) in [4.78, 5) is 12.4. The molecule has 0 bridgehead atoms. The first-order valence-electron chi connectivity index (χ1n) is 7.73. The van der Waals surface area contributed by atoms with E-state index in [1.807, 2.05) is 32.0 Å². The Morgan fingerprint density at radius 2 is 2.00 bits per heavy atom. The van der Waals surface area contributed by atoms with Crippen molar-refractivity contribution in [3.05, 3.63) is 58.6 Å². The highest BCUT2D eigenvalue weighted by Gasteiger charge is 2.18. The van der Waals surface area contributed by atoms with Crippen molar-refractivity contribution in [3.8, 4) is 11.8 Å². The van der Waals surface area contributed by atoms with Crippen molar-refractivity contribution in [2.45, 2.75) is 32.8 Å². The van der Waals surface area contributed by atoms with E-state index in [0.717, 1.165) is 11.1 Å². The summed E-state index contributed by atoms with van der Waals surface area (Å²) in [5, 5.41) is 12.2. The number of rotatable bonds is 6. The van der Waals surface area contributed by atoms with Gasteiger partial charge in [0.1, 0.15) is 5.75 Å². The summed E-state index contributed by atoms with van der Waals surface area (Å²) in [6.45, 7) is 3.78. The Morgan fingerprint density at radius 1 is 1.29 bits per heavy atom. The first-order valence-corrected chi connectivity index (χ1v) is 8.11. The molecule has 0 saturated heterocycles. The molecule has 124 valence electrons. The number of aryl methyl sites for hydroxylation is 1. The lowest BCUT2D eigenvalue weighted by Gasteiger charge is -2.18.